The lowest BCUT2D eigenvalue weighted by atomic mass is 10.1. The van der Waals surface area contributed by atoms with Crippen LogP contribution >= 0.6 is 0 Å². The maximum Gasteiger partial charge on any atom is 0.270 e. The fraction of sp³-hybridized carbons (Fsp3) is 0.250. The first-order chi connectivity index (χ1) is 8.25. The summed E-state index contributed by atoms with van der Waals surface area (Å²) >= 11 is 0. The Hall–Kier alpha value is -2.17. The highest BCUT2D eigenvalue weighted by Gasteiger charge is 2.22. The van der Waals surface area contributed by atoms with E-state index in [9.17, 15) is 4.79 Å². The van der Waals surface area contributed by atoms with Crippen molar-refractivity contribution in [2.24, 2.45) is 0 Å². The molecule has 0 unspecified atom stereocenters. The number of hydrogen-bond acceptors (Lipinski definition) is 3. The molecule has 0 saturated heterocycles. The molecule has 17 heavy (non-hydrogen) atoms. The Morgan fingerprint density at radius 3 is 3.18 bits per heavy atom. The van der Waals surface area contributed by atoms with Gasteiger partial charge in [-0.3, -0.25) is 14.5 Å². The third-order valence-electron chi connectivity index (χ3n) is 2.87. The van der Waals surface area contributed by atoms with Crippen LogP contribution in [-0.2, 0) is 6.54 Å². The number of hydrogen-bond donors (Lipinski definition) is 1. The van der Waals surface area contributed by atoms with E-state index < -0.39 is 0 Å². The van der Waals surface area contributed by atoms with E-state index in [4.69, 9.17) is 0 Å². The van der Waals surface area contributed by atoms with Gasteiger partial charge in [-0.05, 0) is 24.6 Å². The van der Waals surface area contributed by atoms with Gasteiger partial charge >= 0.3 is 0 Å². The quantitative estimate of drug-likeness (QED) is 0.792. The molecular formula is C12H12N4O. The van der Waals surface area contributed by atoms with Gasteiger partial charge in [0.2, 0.25) is 0 Å². The molecule has 5 heteroatoms. The number of aryl methyl sites for hydroxylation is 1. The van der Waals surface area contributed by atoms with Gasteiger partial charge in [0.15, 0.2) is 0 Å². The van der Waals surface area contributed by atoms with Crippen molar-refractivity contribution in [2.75, 3.05) is 6.54 Å². The summed E-state index contributed by atoms with van der Waals surface area (Å²) in [4.78, 5) is 16.0. The predicted molar refractivity (Wildman–Crippen MR) is 62.5 cm³/mol. The van der Waals surface area contributed by atoms with E-state index >= 15 is 0 Å². The summed E-state index contributed by atoms with van der Waals surface area (Å²) in [5, 5.41) is 7.08. The van der Waals surface area contributed by atoms with Crippen LogP contribution in [0.3, 0.4) is 0 Å². The molecular weight excluding hydrogens is 216 g/mol. The molecule has 0 atom stereocenters. The normalized spacial score (nSPS) is 14.3. The van der Waals surface area contributed by atoms with Gasteiger partial charge in [-0.25, -0.2) is 0 Å². The zero-order chi connectivity index (χ0) is 11.8. The summed E-state index contributed by atoms with van der Waals surface area (Å²) in [6.07, 6.45) is 3.49. The second-order valence-electron chi connectivity index (χ2n) is 4.07. The van der Waals surface area contributed by atoms with Crippen molar-refractivity contribution >= 4 is 5.91 Å². The first-order valence-corrected chi connectivity index (χ1v) is 5.53. The minimum Gasteiger partial charge on any atom is -0.349 e. The van der Waals surface area contributed by atoms with E-state index in [1.165, 1.54) is 0 Å². The first-order valence-electron chi connectivity index (χ1n) is 5.53. The van der Waals surface area contributed by atoms with Crippen molar-refractivity contribution in [3.63, 3.8) is 0 Å². The number of carbonyl (C=O) groups excluding carboxylic acids is 1. The summed E-state index contributed by atoms with van der Waals surface area (Å²) in [5.41, 5.74) is 3.42. The number of nitrogens with one attached hydrogen (secondary N) is 1. The molecule has 3 rings (SSSR count). The molecule has 2 aromatic rings. The lowest BCUT2D eigenvalue weighted by molar-refractivity contribution is 0.0925. The highest BCUT2D eigenvalue weighted by molar-refractivity contribution is 5.99. The molecule has 2 aromatic heterocycles. The van der Waals surface area contributed by atoms with Crippen LogP contribution in [0.1, 0.15) is 16.2 Å². The third kappa shape index (κ3) is 1.60. The Kier molecular flexibility index (Phi) is 2.18. The Balaban J connectivity index is 2.16. The van der Waals surface area contributed by atoms with Crippen LogP contribution in [0.5, 0.6) is 0 Å². The topological polar surface area (TPSA) is 59.8 Å². The van der Waals surface area contributed by atoms with Gasteiger partial charge in [-0.2, -0.15) is 5.10 Å². The molecule has 0 spiro atoms. The van der Waals surface area contributed by atoms with Crippen LogP contribution in [0.2, 0.25) is 0 Å². The van der Waals surface area contributed by atoms with E-state index in [0.29, 0.717) is 12.2 Å². The van der Waals surface area contributed by atoms with E-state index in [2.05, 4.69) is 15.4 Å². The molecule has 0 fully saturated rings. The fourth-order valence-electron chi connectivity index (χ4n) is 2.08. The number of rotatable bonds is 1. The second kappa shape index (κ2) is 3.69. The van der Waals surface area contributed by atoms with Crippen molar-refractivity contribution in [2.45, 2.75) is 13.5 Å². The van der Waals surface area contributed by atoms with Crippen molar-refractivity contribution in [3.8, 4) is 11.1 Å². The molecule has 5 nitrogen and oxygen atoms in total. The first kappa shape index (κ1) is 10.0. The summed E-state index contributed by atoms with van der Waals surface area (Å²) < 4.78 is 1.75. The molecule has 86 valence electrons. The zero-order valence-corrected chi connectivity index (χ0v) is 9.47. The standard InChI is InChI=1S/C12H12N4O/c1-8-6-9(2-3-13-8)10-7-15-16-5-4-14-12(17)11(10)16/h2-3,6-7H,4-5H2,1H3,(H,14,17). The summed E-state index contributed by atoms with van der Waals surface area (Å²) in [6, 6.07) is 3.85. The van der Waals surface area contributed by atoms with E-state index in [1.54, 1.807) is 17.1 Å². The number of nitrogens with zero attached hydrogens (tertiary/aromatic N) is 3. The minimum atomic E-state index is -0.0572. The zero-order valence-electron chi connectivity index (χ0n) is 9.47. The molecule has 0 bridgehead atoms. The second-order valence-corrected chi connectivity index (χ2v) is 4.07. The molecule has 0 saturated carbocycles. The van der Waals surface area contributed by atoms with E-state index in [-0.39, 0.29) is 5.91 Å². The SMILES string of the molecule is Cc1cc(-c2cnn3c2C(=O)NCC3)ccn1. The van der Waals surface area contributed by atoms with Gasteiger partial charge < -0.3 is 5.32 Å². The van der Waals surface area contributed by atoms with Crippen molar-refractivity contribution in [1.29, 1.82) is 0 Å². The lowest BCUT2D eigenvalue weighted by Gasteiger charge is -2.15. The highest BCUT2D eigenvalue weighted by atomic mass is 16.2. The van der Waals surface area contributed by atoms with Crippen LogP contribution < -0.4 is 5.32 Å². The molecule has 3 heterocycles. The van der Waals surface area contributed by atoms with Crippen LogP contribution in [0.4, 0.5) is 0 Å². The fourth-order valence-corrected chi connectivity index (χ4v) is 2.08. The number of aromatic nitrogens is 3. The molecule has 1 aliphatic heterocycles. The largest absolute Gasteiger partial charge is 0.349 e. The average Bonchev–Trinajstić information content (AvgIpc) is 2.74. The summed E-state index contributed by atoms with van der Waals surface area (Å²) in [6.45, 7) is 3.30. The summed E-state index contributed by atoms with van der Waals surface area (Å²) in [7, 11) is 0. The summed E-state index contributed by atoms with van der Waals surface area (Å²) in [5.74, 6) is -0.0572. The van der Waals surface area contributed by atoms with Gasteiger partial charge in [0.05, 0.1) is 12.7 Å². The highest BCUT2D eigenvalue weighted by Crippen LogP contribution is 2.24. The van der Waals surface area contributed by atoms with Crippen molar-refractivity contribution in [3.05, 3.63) is 35.9 Å². The number of fused-ring (bicyclic) bond motifs is 1. The Morgan fingerprint density at radius 2 is 2.35 bits per heavy atom. The van der Waals surface area contributed by atoms with Gasteiger partial charge in [0.1, 0.15) is 5.69 Å². The van der Waals surface area contributed by atoms with Crippen LogP contribution in [-0.4, -0.2) is 27.2 Å². The maximum absolute atomic E-state index is 11.8. The molecule has 0 radical (unpaired) electrons. The molecule has 1 aliphatic rings. The monoisotopic (exact) mass is 228 g/mol. The van der Waals surface area contributed by atoms with Gasteiger partial charge in [0, 0.05) is 24.0 Å². The van der Waals surface area contributed by atoms with E-state index in [0.717, 1.165) is 23.4 Å². The Bertz CT molecular complexity index is 588. The lowest BCUT2D eigenvalue weighted by Crippen LogP contribution is -2.35. The molecule has 0 aromatic carbocycles. The Morgan fingerprint density at radius 1 is 1.47 bits per heavy atom. The van der Waals surface area contributed by atoms with Crippen LogP contribution in [0, 0.1) is 6.92 Å². The van der Waals surface area contributed by atoms with Crippen LogP contribution in [0.25, 0.3) is 11.1 Å². The van der Waals surface area contributed by atoms with Crippen LogP contribution in [0.15, 0.2) is 24.5 Å². The number of carbonyl (C=O) groups is 1. The maximum atomic E-state index is 11.8. The van der Waals surface area contributed by atoms with Gasteiger partial charge in [-0.1, -0.05) is 0 Å². The number of pyridine rings is 1. The predicted octanol–water partition coefficient (Wildman–Crippen LogP) is 0.997. The van der Waals surface area contributed by atoms with Gasteiger partial charge in [-0.15, -0.1) is 0 Å². The minimum absolute atomic E-state index is 0.0572. The molecule has 1 amide bonds. The van der Waals surface area contributed by atoms with E-state index in [1.807, 2.05) is 19.1 Å². The third-order valence-corrected chi connectivity index (χ3v) is 2.87. The average molecular weight is 228 g/mol. The van der Waals surface area contributed by atoms with Crippen molar-refractivity contribution < 1.29 is 4.79 Å². The Labute approximate surface area is 98.5 Å². The molecule has 0 aliphatic carbocycles. The molecule has 1 N–H and O–H groups in total. The van der Waals surface area contributed by atoms with Gasteiger partial charge in [0.25, 0.3) is 5.91 Å². The number of amides is 1. The smallest absolute Gasteiger partial charge is 0.270 e. The van der Waals surface area contributed by atoms with Crippen molar-refractivity contribution in [1.82, 2.24) is 20.1 Å².